The van der Waals surface area contributed by atoms with Crippen LogP contribution in [0.3, 0.4) is 0 Å². The average Bonchev–Trinajstić information content (AvgIpc) is 2.73. The topological polar surface area (TPSA) is 80.8 Å². The van der Waals surface area contributed by atoms with E-state index in [-0.39, 0.29) is 24.5 Å². The van der Waals surface area contributed by atoms with Crippen molar-refractivity contribution in [1.29, 1.82) is 0 Å². The van der Waals surface area contributed by atoms with Gasteiger partial charge in [-0.25, -0.2) is 0 Å². The molecule has 7 heteroatoms. The summed E-state index contributed by atoms with van der Waals surface area (Å²) in [7, 11) is 1.55. The molecule has 27 heavy (non-hydrogen) atoms. The van der Waals surface area contributed by atoms with Crippen LogP contribution in [0.25, 0.3) is 0 Å². The van der Waals surface area contributed by atoms with Gasteiger partial charge in [0.2, 0.25) is 5.91 Å². The van der Waals surface area contributed by atoms with Crippen LogP contribution in [0.1, 0.15) is 22.5 Å². The zero-order valence-corrected chi connectivity index (χ0v) is 15.1. The molecule has 0 unspecified atom stereocenters. The zero-order valence-electron chi connectivity index (χ0n) is 15.1. The number of likely N-dealkylation sites (tertiary alicyclic amines) is 1. The molecular weight excluding hydrogens is 346 g/mol. The third kappa shape index (κ3) is 3.14. The fourth-order valence-electron chi connectivity index (χ4n) is 3.86. The van der Waals surface area contributed by atoms with E-state index in [1.807, 2.05) is 30.3 Å². The first-order chi connectivity index (χ1) is 13.1. The molecule has 140 valence electrons. The summed E-state index contributed by atoms with van der Waals surface area (Å²) >= 11 is 0. The number of nitrogens with zero attached hydrogens (tertiary/aromatic N) is 2. The van der Waals surface area contributed by atoms with Gasteiger partial charge in [0.15, 0.2) is 0 Å². The number of fused-ring (bicyclic) bond motifs is 1. The Morgan fingerprint density at radius 1 is 1.33 bits per heavy atom. The number of nitrogens with one attached hydrogen (secondary N) is 1. The summed E-state index contributed by atoms with van der Waals surface area (Å²) in [5, 5.41) is 3.13. The van der Waals surface area contributed by atoms with E-state index in [2.05, 4.69) is 10.3 Å². The molecule has 0 radical (unpaired) electrons. The summed E-state index contributed by atoms with van der Waals surface area (Å²) in [4.78, 5) is 30.9. The van der Waals surface area contributed by atoms with E-state index >= 15 is 0 Å². The van der Waals surface area contributed by atoms with Crippen LogP contribution in [-0.4, -0.2) is 54.6 Å². The van der Waals surface area contributed by atoms with Gasteiger partial charge in [-0.1, -0.05) is 30.3 Å². The number of aromatic nitrogens is 1. The maximum Gasteiger partial charge on any atom is 0.272 e. The number of benzene rings is 1. The lowest BCUT2D eigenvalue weighted by atomic mass is 9.77. The third-order valence-corrected chi connectivity index (χ3v) is 5.25. The Morgan fingerprint density at radius 2 is 2.15 bits per heavy atom. The van der Waals surface area contributed by atoms with Crippen molar-refractivity contribution < 1.29 is 19.1 Å². The fraction of sp³-hybridized carbons (Fsp3) is 0.350. The van der Waals surface area contributed by atoms with E-state index in [0.29, 0.717) is 31.0 Å². The zero-order chi connectivity index (χ0) is 18.9. The van der Waals surface area contributed by atoms with Crippen LogP contribution in [0.4, 0.5) is 0 Å². The summed E-state index contributed by atoms with van der Waals surface area (Å²) in [6, 6.07) is 13.1. The maximum atomic E-state index is 12.9. The van der Waals surface area contributed by atoms with Crippen LogP contribution < -0.4 is 10.1 Å². The number of methoxy groups -OCH3 is 1. The molecule has 0 saturated carbocycles. The first-order valence-electron chi connectivity index (χ1n) is 8.90. The smallest absolute Gasteiger partial charge is 0.272 e. The minimum absolute atomic E-state index is 0.00130. The summed E-state index contributed by atoms with van der Waals surface area (Å²) < 4.78 is 11.0. The summed E-state index contributed by atoms with van der Waals surface area (Å²) in [6.45, 7) is 0.873. The van der Waals surface area contributed by atoms with Crippen molar-refractivity contribution in [3.8, 4) is 5.75 Å². The largest absolute Gasteiger partial charge is 0.497 e. The lowest BCUT2D eigenvalue weighted by molar-refractivity contribution is -0.150. The number of hydrogen-bond acceptors (Lipinski definition) is 5. The molecule has 3 heterocycles. The molecule has 0 bridgehead atoms. The molecule has 2 atom stereocenters. The van der Waals surface area contributed by atoms with E-state index in [9.17, 15) is 9.59 Å². The first-order valence-corrected chi connectivity index (χ1v) is 8.90. The second-order valence-corrected chi connectivity index (χ2v) is 6.77. The van der Waals surface area contributed by atoms with Crippen molar-refractivity contribution in [2.45, 2.75) is 18.1 Å². The molecule has 1 N–H and O–H groups in total. The van der Waals surface area contributed by atoms with E-state index in [1.165, 1.54) is 0 Å². The highest BCUT2D eigenvalue weighted by molar-refractivity contribution is 5.93. The van der Waals surface area contributed by atoms with Gasteiger partial charge in [-0.15, -0.1) is 0 Å². The molecule has 4 rings (SSSR count). The van der Waals surface area contributed by atoms with Gasteiger partial charge in [0.25, 0.3) is 5.91 Å². The van der Waals surface area contributed by atoms with Crippen LogP contribution in [0.5, 0.6) is 5.75 Å². The predicted molar refractivity (Wildman–Crippen MR) is 97.3 cm³/mol. The molecule has 2 aliphatic rings. The molecule has 2 aliphatic heterocycles. The average molecular weight is 367 g/mol. The monoisotopic (exact) mass is 367 g/mol. The number of morpholine rings is 1. The third-order valence-electron chi connectivity index (χ3n) is 5.25. The minimum atomic E-state index is -0.616. The highest BCUT2D eigenvalue weighted by Crippen LogP contribution is 2.37. The number of carbonyl (C=O) groups is 2. The van der Waals surface area contributed by atoms with Gasteiger partial charge in [0.1, 0.15) is 24.2 Å². The number of carbonyl (C=O) groups excluding carboxylic acids is 2. The van der Waals surface area contributed by atoms with Crippen molar-refractivity contribution in [1.82, 2.24) is 15.2 Å². The second-order valence-electron chi connectivity index (χ2n) is 6.77. The Balaban J connectivity index is 1.60. The van der Waals surface area contributed by atoms with Gasteiger partial charge in [-0.05, 0) is 18.1 Å². The van der Waals surface area contributed by atoms with Gasteiger partial charge in [-0.2, -0.15) is 0 Å². The maximum absolute atomic E-state index is 12.9. The lowest BCUT2D eigenvalue weighted by Gasteiger charge is -2.50. The van der Waals surface area contributed by atoms with Crippen molar-refractivity contribution in [2.24, 2.45) is 0 Å². The van der Waals surface area contributed by atoms with Crippen LogP contribution >= 0.6 is 0 Å². The molecule has 7 nitrogen and oxygen atoms in total. The van der Waals surface area contributed by atoms with Crippen molar-refractivity contribution in [3.05, 3.63) is 59.9 Å². The van der Waals surface area contributed by atoms with Crippen LogP contribution in [0, 0.1) is 0 Å². The van der Waals surface area contributed by atoms with Gasteiger partial charge in [0.05, 0.1) is 12.6 Å². The molecule has 0 spiro atoms. The molecule has 2 amide bonds. The van der Waals surface area contributed by atoms with E-state index in [1.54, 1.807) is 30.3 Å². The lowest BCUT2D eigenvalue weighted by Crippen LogP contribution is -2.67. The Hall–Kier alpha value is -2.93. The van der Waals surface area contributed by atoms with Gasteiger partial charge in [0, 0.05) is 25.4 Å². The number of hydrogen-bond donors (Lipinski definition) is 1. The van der Waals surface area contributed by atoms with Crippen LogP contribution in [0.15, 0.2) is 48.7 Å². The van der Waals surface area contributed by atoms with E-state index < -0.39 is 5.54 Å². The van der Waals surface area contributed by atoms with E-state index in [0.717, 1.165) is 5.56 Å². The quantitative estimate of drug-likeness (QED) is 0.886. The summed E-state index contributed by atoms with van der Waals surface area (Å²) in [5.41, 5.74) is 0.714. The Morgan fingerprint density at radius 3 is 2.93 bits per heavy atom. The SMILES string of the molecule is COc1ccnc(C(=O)N2CC[C@@]3(c4ccccc4)NC(=O)CO[C@@H]3C2)c1. The first kappa shape index (κ1) is 17.5. The predicted octanol–water partition coefficient (Wildman–Crippen LogP) is 1.35. The van der Waals surface area contributed by atoms with E-state index in [4.69, 9.17) is 9.47 Å². The minimum Gasteiger partial charge on any atom is -0.497 e. The fourth-order valence-corrected chi connectivity index (χ4v) is 3.86. The molecule has 2 aromatic rings. The molecule has 2 saturated heterocycles. The van der Waals surface area contributed by atoms with Crippen LogP contribution in [0.2, 0.25) is 0 Å². The number of piperidine rings is 1. The second kappa shape index (κ2) is 7.00. The van der Waals surface area contributed by atoms with Crippen molar-refractivity contribution in [3.63, 3.8) is 0 Å². The molecule has 1 aromatic heterocycles. The van der Waals surface area contributed by atoms with Crippen molar-refractivity contribution >= 4 is 11.8 Å². The number of rotatable bonds is 3. The van der Waals surface area contributed by atoms with Gasteiger partial charge >= 0.3 is 0 Å². The Bertz CT molecular complexity index is 857. The highest BCUT2D eigenvalue weighted by Gasteiger charge is 2.49. The highest BCUT2D eigenvalue weighted by atomic mass is 16.5. The van der Waals surface area contributed by atoms with Gasteiger partial charge in [-0.3, -0.25) is 14.6 Å². The number of ether oxygens (including phenoxy) is 2. The van der Waals surface area contributed by atoms with Crippen molar-refractivity contribution in [2.75, 3.05) is 26.8 Å². The van der Waals surface area contributed by atoms with Crippen LogP contribution in [-0.2, 0) is 15.1 Å². The standard InChI is InChI=1S/C20H21N3O4/c1-26-15-7-9-21-16(11-15)19(25)23-10-8-20(14-5-3-2-4-6-14)17(12-23)27-13-18(24)22-20/h2-7,9,11,17H,8,10,12-13H2,1H3,(H,22,24)/t17-,20+/m1/s1. The molecule has 2 fully saturated rings. The number of amides is 2. The molecular formula is C20H21N3O4. The molecule has 0 aliphatic carbocycles. The Kier molecular flexibility index (Phi) is 4.53. The summed E-state index contributed by atoms with van der Waals surface area (Å²) in [5.74, 6) is 0.283. The Labute approximate surface area is 157 Å². The van der Waals surface area contributed by atoms with Gasteiger partial charge < -0.3 is 19.7 Å². The summed E-state index contributed by atoms with van der Waals surface area (Å²) in [6.07, 6.45) is 1.81. The molecule has 1 aromatic carbocycles. The normalized spacial score (nSPS) is 24.7. The number of pyridine rings is 1.